The number of hydrogen-bond donors (Lipinski definition) is 2. The quantitative estimate of drug-likeness (QED) is 0.483. The van der Waals surface area contributed by atoms with Crippen LogP contribution in [0.3, 0.4) is 0 Å². The third-order valence-corrected chi connectivity index (χ3v) is 3.84. The van der Waals surface area contributed by atoms with Gasteiger partial charge in [-0.1, -0.05) is 0 Å². The highest BCUT2D eigenvalue weighted by atomic mass is 35.5. The van der Waals surface area contributed by atoms with Crippen LogP contribution in [0, 0.1) is 5.92 Å². The van der Waals surface area contributed by atoms with Crippen molar-refractivity contribution in [2.75, 3.05) is 24.7 Å². The number of sulfonamides is 1. The van der Waals surface area contributed by atoms with E-state index in [9.17, 15) is 13.2 Å². The Kier molecular flexibility index (Phi) is 4.82. The molecule has 0 aromatic carbocycles. The number of nitrogens with one attached hydrogen (secondary N) is 2. The Morgan fingerprint density at radius 3 is 2.53 bits per heavy atom. The van der Waals surface area contributed by atoms with Gasteiger partial charge in [-0.15, -0.1) is 11.6 Å². The predicted molar refractivity (Wildman–Crippen MR) is 58.2 cm³/mol. The highest BCUT2D eigenvalue weighted by Crippen LogP contribution is 2.28. The largest absolute Gasteiger partial charge is 0.355 e. The van der Waals surface area contributed by atoms with E-state index in [1.807, 2.05) is 0 Å². The molecule has 7 heteroatoms. The summed E-state index contributed by atoms with van der Waals surface area (Å²) in [6.45, 7) is 0.550. The van der Waals surface area contributed by atoms with Gasteiger partial charge in [-0.05, 0) is 12.8 Å². The van der Waals surface area contributed by atoms with Crippen molar-refractivity contribution in [2.24, 2.45) is 5.92 Å². The maximum atomic E-state index is 11.1. The van der Waals surface area contributed by atoms with Gasteiger partial charge in [-0.3, -0.25) is 4.79 Å². The topological polar surface area (TPSA) is 75.3 Å². The van der Waals surface area contributed by atoms with Crippen molar-refractivity contribution < 1.29 is 13.2 Å². The van der Waals surface area contributed by atoms with Crippen LogP contribution in [0.15, 0.2) is 0 Å². The van der Waals surface area contributed by atoms with Crippen LogP contribution < -0.4 is 10.0 Å². The first kappa shape index (κ1) is 12.7. The van der Waals surface area contributed by atoms with Crippen molar-refractivity contribution in [1.82, 2.24) is 10.0 Å². The Morgan fingerprint density at radius 1 is 1.33 bits per heavy atom. The van der Waals surface area contributed by atoms with Gasteiger partial charge in [0, 0.05) is 24.9 Å². The smallest absolute Gasteiger partial charge is 0.223 e. The molecule has 15 heavy (non-hydrogen) atoms. The van der Waals surface area contributed by atoms with Crippen molar-refractivity contribution in [3.63, 3.8) is 0 Å². The maximum Gasteiger partial charge on any atom is 0.223 e. The standard InChI is InChI=1S/C8H15ClN2O3S/c9-3-6-15(13,14)11-5-4-10-8(12)7-1-2-7/h7,11H,1-6H2,(H,10,12). The summed E-state index contributed by atoms with van der Waals surface area (Å²) in [4.78, 5) is 11.1. The van der Waals surface area contributed by atoms with Crippen molar-refractivity contribution in [3.05, 3.63) is 0 Å². The molecule has 0 saturated heterocycles. The van der Waals surface area contributed by atoms with Gasteiger partial charge in [0.15, 0.2) is 0 Å². The fourth-order valence-corrected chi connectivity index (χ4v) is 2.43. The monoisotopic (exact) mass is 254 g/mol. The first-order valence-electron chi connectivity index (χ1n) is 4.86. The molecule has 1 saturated carbocycles. The summed E-state index contributed by atoms with van der Waals surface area (Å²) in [5.41, 5.74) is 0. The summed E-state index contributed by atoms with van der Waals surface area (Å²) in [6.07, 6.45) is 1.90. The molecule has 1 rings (SSSR count). The summed E-state index contributed by atoms with van der Waals surface area (Å²) in [6, 6.07) is 0. The molecule has 0 radical (unpaired) electrons. The minimum absolute atomic E-state index is 0.0199. The molecule has 88 valence electrons. The van der Waals surface area contributed by atoms with E-state index < -0.39 is 10.0 Å². The van der Waals surface area contributed by atoms with E-state index in [1.165, 1.54) is 0 Å². The van der Waals surface area contributed by atoms with E-state index in [-0.39, 0.29) is 30.0 Å². The number of carbonyl (C=O) groups excluding carboxylic acids is 1. The first-order chi connectivity index (χ1) is 7.05. The van der Waals surface area contributed by atoms with Gasteiger partial charge in [-0.2, -0.15) is 0 Å². The zero-order chi connectivity index (χ0) is 11.3. The van der Waals surface area contributed by atoms with Gasteiger partial charge in [0.2, 0.25) is 15.9 Å². The third kappa shape index (κ3) is 5.34. The van der Waals surface area contributed by atoms with E-state index in [0.717, 1.165) is 12.8 Å². The number of rotatable bonds is 7. The van der Waals surface area contributed by atoms with Crippen LogP contribution in [0.4, 0.5) is 0 Å². The van der Waals surface area contributed by atoms with Crippen molar-refractivity contribution in [3.8, 4) is 0 Å². The van der Waals surface area contributed by atoms with Crippen LogP contribution in [0.25, 0.3) is 0 Å². The van der Waals surface area contributed by atoms with Crippen molar-refractivity contribution in [1.29, 1.82) is 0 Å². The second kappa shape index (κ2) is 5.67. The number of hydrogen-bond acceptors (Lipinski definition) is 3. The van der Waals surface area contributed by atoms with E-state index in [1.54, 1.807) is 0 Å². The molecule has 1 aliphatic rings. The summed E-state index contributed by atoms with van der Waals surface area (Å²) >= 11 is 5.31. The molecule has 5 nitrogen and oxygen atoms in total. The lowest BCUT2D eigenvalue weighted by Gasteiger charge is -2.06. The molecule has 0 aliphatic heterocycles. The van der Waals surface area contributed by atoms with E-state index >= 15 is 0 Å². The Bertz CT molecular complexity index is 314. The summed E-state index contributed by atoms with van der Waals surface area (Å²) in [5, 5.41) is 2.66. The average Bonchev–Trinajstić information content (AvgIpc) is 2.95. The van der Waals surface area contributed by atoms with Gasteiger partial charge in [0.25, 0.3) is 0 Å². The van der Waals surface area contributed by atoms with Crippen LogP contribution >= 0.6 is 11.6 Å². The molecule has 0 unspecified atom stereocenters. The molecule has 0 aromatic heterocycles. The van der Waals surface area contributed by atoms with Gasteiger partial charge >= 0.3 is 0 Å². The SMILES string of the molecule is O=C(NCCNS(=O)(=O)CCCl)C1CC1. The molecular formula is C8H15ClN2O3S. The average molecular weight is 255 g/mol. The zero-order valence-corrected chi connectivity index (χ0v) is 9.90. The van der Waals surface area contributed by atoms with Crippen LogP contribution in [0.2, 0.25) is 0 Å². The second-order valence-electron chi connectivity index (χ2n) is 3.47. The molecule has 1 fully saturated rings. The van der Waals surface area contributed by atoms with Crippen LogP contribution in [0.1, 0.15) is 12.8 Å². The molecule has 0 aromatic rings. The number of carbonyl (C=O) groups is 1. The minimum Gasteiger partial charge on any atom is -0.355 e. The lowest BCUT2D eigenvalue weighted by molar-refractivity contribution is -0.122. The molecule has 0 spiro atoms. The van der Waals surface area contributed by atoms with Crippen LogP contribution in [-0.4, -0.2) is 39.0 Å². The summed E-state index contributed by atoms with van der Waals surface area (Å²) < 4.78 is 24.6. The number of amides is 1. The molecular weight excluding hydrogens is 240 g/mol. The van der Waals surface area contributed by atoms with Crippen LogP contribution in [-0.2, 0) is 14.8 Å². The normalized spacial score (nSPS) is 16.3. The zero-order valence-electron chi connectivity index (χ0n) is 8.33. The van der Waals surface area contributed by atoms with Crippen molar-refractivity contribution in [2.45, 2.75) is 12.8 Å². The first-order valence-corrected chi connectivity index (χ1v) is 7.05. The van der Waals surface area contributed by atoms with E-state index in [0.29, 0.717) is 6.54 Å². The molecule has 0 heterocycles. The number of halogens is 1. The Morgan fingerprint density at radius 2 is 2.00 bits per heavy atom. The van der Waals surface area contributed by atoms with Crippen LogP contribution in [0.5, 0.6) is 0 Å². The lowest BCUT2D eigenvalue weighted by atomic mass is 10.4. The number of alkyl halides is 1. The highest BCUT2D eigenvalue weighted by Gasteiger charge is 2.29. The third-order valence-electron chi connectivity index (χ3n) is 2.04. The minimum atomic E-state index is -3.27. The molecule has 0 bridgehead atoms. The van der Waals surface area contributed by atoms with E-state index in [4.69, 9.17) is 11.6 Å². The van der Waals surface area contributed by atoms with E-state index in [2.05, 4.69) is 10.0 Å². The lowest BCUT2D eigenvalue weighted by Crippen LogP contribution is -2.36. The molecule has 1 amide bonds. The Balaban J connectivity index is 2.07. The highest BCUT2D eigenvalue weighted by molar-refractivity contribution is 7.89. The van der Waals surface area contributed by atoms with Gasteiger partial charge in [0.1, 0.15) is 0 Å². The summed E-state index contributed by atoms with van der Waals surface area (Å²) in [5.74, 6) is 0.158. The summed E-state index contributed by atoms with van der Waals surface area (Å²) in [7, 11) is -3.27. The fraction of sp³-hybridized carbons (Fsp3) is 0.875. The molecule has 0 atom stereocenters. The Hall–Kier alpha value is -0.330. The van der Waals surface area contributed by atoms with Gasteiger partial charge < -0.3 is 5.32 Å². The molecule has 1 aliphatic carbocycles. The maximum absolute atomic E-state index is 11.1. The molecule has 2 N–H and O–H groups in total. The van der Waals surface area contributed by atoms with Gasteiger partial charge in [0.05, 0.1) is 5.75 Å². The Labute approximate surface area is 94.6 Å². The second-order valence-corrected chi connectivity index (χ2v) is 5.77. The predicted octanol–water partition coefficient (Wildman–Crippen LogP) is -0.329. The van der Waals surface area contributed by atoms with Crippen molar-refractivity contribution >= 4 is 27.5 Å². The van der Waals surface area contributed by atoms with Gasteiger partial charge in [-0.25, -0.2) is 13.1 Å². The fourth-order valence-electron chi connectivity index (χ4n) is 1.06.